The van der Waals surface area contributed by atoms with Crippen LogP contribution in [-0.2, 0) is 9.53 Å². The third kappa shape index (κ3) is 2.97. The molecule has 4 heteroatoms. The molecule has 0 spiro atoms. The van der Waals surface area contributed by atoms with Crippen LogP contribution in [0.25, 0.3) is 0 Å². The van der Waals surface area contributed by atoms with Gasteiger partial charge in [-0.15, -0.1) is 0 Å². The molecule has 76 valence electrons. The Balaban J connectivity index is 2.36. The highest BCUT2D eigenvalue weighted by molar-refractivity contribution is 5.73. The zero-order chi connectivity index (χ0) is 10.1. The Morgan fingerprint density at radius 2 is 2.38 bits per heavy atom. The maximum atomic E-state index is 10.5. The zero-order valence-corrected chi connectivity index (χ0v) is 8.12. The fourth-order valence-electron chi connectivity index (χ4n) is 1.63. The molecule has 0 aromatic heterocycles. The third-order valence-corrected chi connectivity index (χ3v) is 2.39. The molecule has 0 aromatic rings. The molecule has 0 amide bonds. The van der Waals surface area contributed by atoms with Gasteiger partial charge in [-0.25, -0.2) is 0 Å². The Morgan fingerprint density at radius 1 is 1.77 bits per heavy atom. The number of hydrogen-bond acceptors (Lipinski definition) is 3. The van der Waals surface area contributed by atoms with E-state index < -0.39 is 12.0 Å². The molecule has 0 aliphatic carbocycles. The first-order valence-electron chi connectivity index (χ1n) is 4.57. The minimum absolute atomic E-state index is 0.0149. The van der Waals surface area contributed by atoms with Gasteiger partial charge in [0.15, 0.2) is 0 Å². The molecular weight excluding hydrogens is 170 g/mol. The van der Waals surface area contributed by atoms with Crippen LogP contribution in [0.4, 0.5) is 0 Å². The number of hydrogen-bond donors (Lipinski definition) is 2. The van der Waals surface area contributed by atoms with Gasteiger partial charge in [0.05, 0.1) is 11.7 Å². The molecule has 2 unspecified atom stereocenters. The highest BCUT2D eigenvalue weighted by Crippen LogP contribution is 2.31. The molecule has 0 saturated carbocycles. The molecule has 3 N–H and O–H groups in total. The summed E-state index contributed by atoms with van der Waals surface area (Å²) in [4.78, 5) is 10.5. The van der Waals surface area contributed by atoms with E-state index in [0.29, 0.717) is 6.42 Å². The van der Waals surface area contributed by atoms with E-state index in [9.17, 15) is 4.79 Å². The van der Waals surface area contributed by atoms with Crippen molar-refractivity contribution in [2.45, 2.75) is 50.9 Å². The van der Waals surface area contributed by atoms with Crippen molar-refractivity contribution in [1.29, 1.82) is 0 Å². The molecule has 0 aromatic carbocycles. The van der Waals surface area contributed by atoms with Crippen LogP contribution < -0.4 is 5.73 Å². The van der Waals surface area contributed by atoms with E-state index in [2.05, 4.69) is 0 Å². The quantitative estimate of drug-likeness (QED) is 0.683. The number of carbonyl (C=O) groups is 1. The van der Waals surface area contributed by atoms with Crippen LogP contribution in [0.15, 0.2) is 0 Å². The second-order valence-electron chi connectivity index (χ2n) is 4.22. The van der Waals surface area contributed by atoms with Gasteiger partial charge in [-0.1, -0.05) is 0 Å². The van der Waals surface area contributed by atoms with Crippen LogP contribution in [0.1, 0.15) is 33.1 Å². The van der Waals surface area contributed by atoms with Gasteiger partial charge < -0.3 is 15.6 Å². The fourth-order valence-corrected chi connectivity index (χ4v) is 1.63. The van der Waals surface area contributed by atoms with Crippen molar-refractivity contribution in [3.05, 3.63) is 0 Å². The molecule has 4 nitrogen and oxygen atoms in total. The summed E-state index contributed by atoms with van der Waals surface area (Å²) in [6, 6.07) is -0.793. The summed E-state index contributed by atoms with van der Waals surface area (Å²) in [5, 5.41) is 8.59. The third-order valence-electron chi connectivity index (χ3n) is 2.39. The van der Waals surface area contributed by atoms with E-state index in [1.807, 2.05) is 13.8 Å². The fraction of sp³-hybridized carbons (Fsp3) is 0.889. The lowest BCUT2D eigenvalue weighted by Gasteiger charge is -2.20. The lowest BCUT2D eigenvalue weighted by atomic mass is 10.0. The molecule has 0 radical (unpaired) electrons. The molecule has 13 heavy (non-hydrogen) atoms. The van der Waals surface area contributed by atoms with Crippen molar-refractivity contribution in [3.63, 3.8) is 0 Å². The van der Waals surface area contributed by atoms with Gasteiger partial charge in [-0.3, -0.25) is 4.79 Å². The molecule has 1 rings (SSSR count). The number of rotatable bonds is 3. The summed E-state index contributed by atoms with van der Waals surface area (Å²) in [5.74, 6) is -0.951. The van der Waals surface area contributed by atoms with Gasteiger partial charge in [-0.05, 0) is 33.1 Å². The smallest absolute Gasteiger partial charge is 0.320 e. The summed E-state index contributed by atoms with van der Waals surface area (Å²) in [7, 11) is 0. The van der Waals surface area contributed by atoms with E-state index in [-0.39, 0.29) is 11.7 Å². The Kier molecular flexibility index (Phi) is 2.93. The first-order chi connectivity index (χ1) is 5.91. The molecule has 1 aliphatic heterocycles. The van der Waals surface area contributed by atoms with Gasteiger partial charge in [0.1, 0.15) is 6.04 Å². The van der Waals surface area contributed by atoms with Crippen LogP contribution in [-0.4, -0.2) is 28.8 Å². The van der Waals surface area contributed by atoms with Crippen molar-refractivity contribution < 1.29 is 14.6 Å². The summed E-state index contributed by atoms with van der Waals surface area (Å²) in [6.07, 6.45) is 2.32. The van der Waals surface area contributed by atoms with Gasteiger partial charge >= 0.3 is 5.97 Å². The van der Waals surface area contributed by atoms with Crippen molar-refractivity contribution in [2.75, 3.05) is 0 Å². The molecular formula is C9H17NO3. The number of carboxylic acids is 1. The molecule has 1 fully saturated rings. The highest BCUT2D eigenvalue weighted by atomic mass is 16.5. The predicted octanol–water partition coefficient (Wildman–Crippen LogP) is 0.746. The van der Waals surface area contributed by atoms with Crippen molar-refractivity contribution in [3.8, 4) is 0 Å². The van der Waals surface area contributed by atoms with Gasteiger partial charge in [0.25, 0.3) is 0 Å². The number of aliphatic carboxylic acids is 1. The number of nitrogens with two attached hydrogens (primary N) is 1. The molecule has 2 atom stereocenters. The molecule has 1 saturated heterocycles. The van der Waals surface area contributed by atoms with E-state index in [0.717, 1.165) is 12.8 Å². The van der Waals surface area contributed by atoms with Crippen molar-refractivity contribution in [1.82, 2.24) is 0 Å². The van der Waals surface area contributed by atoms with E-state index in [4.69, 9.17) is 15.6 Å². The highest BCUT2D eigenvalue weighted by Gasteiger charge is 2.33. The maximum absolute atomic E-state index is 10.5. The van der Waals surface area contributed by atoms with Crippen molar-refractivity contribution in [2.24, 2.45) is 5.73 Å². The Morgan fingerprint density at radius 3 is 2.77 bits per heavy atom. The molecule has 1 aliphatic rings. The second kappa shape index (κ2) is 3.64. The average Bonchev–Trinajstić information content (AvgIpc) is 2.30. The first kappa shape index (κ1) is 10.5. The van der Waals surface area contributed by atoms with Gasteiger partial charge in [-0.2, -0.15) is 0 Å². The van der Waals surface area contributed by atoms with E-state index >= 15 is 0 Å². The zero-order valence-electron chi connectivity index (χ0n) is 8.12. The van der Waals surface area contributed by atoms with Gasteiger partial charge in [0.2, 0.25) is 0 Å². The number of carboxylic acid groups (broad SMARTS) is 1. The van der Waals surface area contributed by atoms with Crippen LogP contribution in [0.3, 0.4) is 0 Å². The second-order valence-corrected chi connectivity index (χ2v) is 4.22. The topological polar surface area (TPSA) is 72.6 Å². The van der Waals surface area contributed by atoms with E-state index in [1.165, 1.54) is 0 Å². The summed E-state index contributed by atoms with van der Waals surface area (Å²) in [6.45, 7) is 4.03. The van der Waals surface area contributed by atoms with E-state index in [1.54, 1.807) is 0 Å². The SMILES string of the molecule is CC1(C)CCC(CC(N)C(=O)O)O1. The molecule has 1 heterocycles. The van der Waals surface area contributed by atoms with Gasteiger partial charge in [0, 0.05) is 0 Å². The largest absolute Gasteiger partial charge is 0.480 e. The van der Waals surface area contributed by atoms with Crippen molar-refractivity contribution >= 4 is 5.97 Å². The lowest BCUT2D eigenvalue weighted by Crippen LogP contribution is -2.34. The summed E-state index contributed by atoms with van der Waals surface area (Å²) < 4.78 is 5.63. The molecule has 0 bridgehead atoms. The predicted molar refractivity (Wildman–Crippen MR) is 48.4 cm³/mol. The lowest BCUT2D eigenvalue weighted by molar-refractivity contribution is -0.139. The summed E-state index contributed by atoms with van der Waals surface area (Å²) in [5.41, 5.74) is 5.30. The minimum Gasteiger partial charge on any atom is -0.480 e. The monoisotopic (exact) mass is 187 g/mol. The Hall–Kier alpha value is -0.610. The maximum Gasteiger partial charge on any atom is 0.320 e. The average molecular weight is 187 g/mol. The Bertz CT molecular complexity index is 203. The first-order valence-corrected chi connectivity index (χ1v) is 4.57. The van der Waals surface area contributed by atoms with Crippen LogP contribution in [0.5, 0.6) is 0 Å². The van der Waals surface area contributed by atoms with Crippen LogP contribution >= 0.6 is 0 Å². The standard InChI is InChI=1S/C9H17NO3/c1-9(2)4-3-6(13-9)5-7(10)8(11)12/h6-7H,3-5,10H2,1-2H3,(H,11,12). The van der Waals surface area contributed by atoms with Crippen LogP contribution in [0.2, 0.25) is 0 Å². The summed E-state index contributed by atoms with van der Waals surface area (Å²) >= 11 is 0. The Labute approximate surface area is 78.1 Å². The number of ether oxygens (including phenoxy) is 1. The normalized spacial score (nSPS) is 28.7. The minimum atomic E-state index is -0.951. The van der Waals surface area contributed by atoms with Crippen LogP contribution in [0, 0.1) is 0 Å².